The average molecular weight is 399 g/mol. The zero-order valence-electron chi connectivity index (χ0n) is 14.2. The number of hydrogen-bond acceptors (Lipinski definition) is 5. The Kier molecular flexibility index (Phi) is 4.25. The van der Waals surface area contributed by atoms with Crippen LogP contribution in [0.25, 0.3) is 0 Å². The van der Waals surface area contributed by atoms with E-state index in [4.69, 9.17) is 45.1 Å². The highest BCUT2D eigenvalue weighted by atomic mass is 35.5. The second-order valence-electron chi connectivity index (χ2n) is 6.37. The van der Waals surface area contributed by atoms with Gasteiger partial charge in [-0.1, -0.05) is 53.5 Å². The molecule has 0 amide bonds. The van der Waals surface area contributed by atoms with E-state index in [1.54, 1.807) is 18.2 Å². The van der Waals surface area contributed by atoms with E-state index in [1.807, 2.05) is 18.2 Å². The van der Waals surface area contributed by atoms with Crippen LogP contribution < -0.4 is 11.5 Å². The van der Waals surface area contributed by atoms with Crippen molar-refractivity contribution in [1.29, 1.82) is 5.41 Å². The lowest BCUT2D eigenvalue weighted by Crippen LogP contribution is -2.44. The molecule has 0 saturated carbocycles. The topological polar surface area (TPSA) is 113 Å². The molecule has 2 aliphatic rings. The molecule has 0 bridgehead atoms. The highest BCUT2D eigenvalue weighted by Gasteiger charge is 2.47. The van der Waals surface area contributed by atoms with Gasteiger partial charge in [0.25, 0.3) is 0 Å². The van der Waals surface area contributed by atoms with Crippen LogP contribution in [-0.4, -0.2) is 23.3 Å². The van der Waals surface area contributed by atoms with E-state index in [-0.39, 0.29) is 17.6 Å². The zero-order chi connectivity index (χ0) is 19.2. The number of amidine groups is 2. The monoisotopic (exact) mass is 398 g/mol. The summed E-state index contributed by atoms with van der Waals surface area (Å²) in [6.07, 6.45) is 1.66. The molecule has 0 saturated heterocycles. The first-order valence-electron chi connectivity index (χ1n) is 8.32. The molecule has 1 unspecified atom stereocenters. The molecular formula is C19H16Cl2N6. The fourth-order valence-electron chi connectivity index (χ4n) is 3.48. The minimum absolute atomic E-state index is 0.00171. The van der Waals surface area contributed by atoms with Gasteiger partial charge in [0.15, 0.2) is 5.84 Å². The Morgan fingerprint density at radius 3 is 2.67 bits per heavy atom. The molecule has 136 valence electrons. The van der Waals surface area contributed by atoms with Gasteiger partial charge in [0.2, 0.25) is 11.5 Å². The fraction of sp³-hybridized carbons (Fsp3) is 0.158. The molecule has 4 rings (SSSR count). The lowest BCUT2D eigenvalue weighted by molar-refractivity contribution is 0.805. The van der Waals surface area contributed by atoms with Gasteiger partial charge in [0.05, 0.1) is 5.71 Å². The zero-order valence-corrected chi connectivity index (χ0v) is 15.7. The molecule has 2 aromatic carbocycles. The second-order valence-corrected chi connectivity index (χ2v) is 7.21. The summed E-state index contributed by atoms with van der Waals surface area (Å²) in [7, 11) is 0. The Bertz CT molecular complexity index is 1060. The first-order valence-corrected chi connectivity index (χ1v) is 9.08. The first-order chi connectivity index (χ1) is 12.9. The molecule has 0 fully saturated rings. The number of fused-ring (bicyclic) bond motifs is 1. The van der Waals surface area contributed by atoms with E-state index >= 15 is 0 Å². The number of aliphatic imine (C=N–C) groups is 3. The van der Waals surface area contributed by atoms with Crippen LogP contribution in [0.3, 0.4) is 0 Å². The molecule has 1 heterocycles. The van der Waals surface area contributed by atoms with Crippen molar-refractivity contribution in [2.24, 2.45) is 26.4 Å². The summed E-state index contributed by atoms with van der Waals surface area (Å²) >= 11 is 12.4. The van der Waals surface area contributed by atoms with Crippen molar-refractivity contribution < 1.29 is 0 Å². The number of nitrogens with one attached hydrogen (secondary N) is 1. The number of halogens is 2. The van der Waals surface area contributed by atoms with Crippen molar-refractivity contribution in [1.82, 2.24) is 0 Å². The quantitative estimate of drug-likeness (QED) is 0.532. The van der Waals surface area contributed by atoms with Gasteiger partial charge in [-0.25, -0.2) is 9.98 Å². The molecule has 0 spiro atoms. The van der Waals surface area contributed by atoms with Crippen LogP contribution in [0.15, 0.2) is 57.4 Å². The number of nitrogens with zero attached hydrogens (tertiary/aromatic N) is 3. The van der Waals surface area contributed by atoms with Crippen molar-refractivity contribution in [2.75, 3.05) is 0 Å². The summed E-state index contributed by atoms with van der Waals surface area (Å²) in [6.45, 7) is 0. The standard InChI is InChI=1S/C19H16Cl2N6/c20-11-6-7-13(14(21)9-11)19(16(22)23)17(26-18(24)27-19)25-15-8-5-10-3-1-2-4-12(10)15/h1-4,6-7,9H,5,8H2,(H3,22,23)(H2,24,27). The Hall–Kier alpha value is -2.70. The summed E-state index contributed by atoms with van der Waals surface area (Å²) in [5.41, 5.74) is 14.0. The number of benzene rings is 2. The van der Waals surface area contributed by atoms with Gasteiger partial charge in [0.1, 0.15) is 5.84 Å². The van der Waals surface area contributed by atoms with Gasteiger partial charge in [-0.2, -0.15) is 4.99 Å². The van der Waals surface area contributed by atoms with Crippen LogP contribution in [0.2, 0.25) is 10.0 Å². The van der Waals surface area contributed by atoms with Crippen LogP contribution in [-0.2, 0) is 12.0 Å². The molecular weight excluding hydrogens is 383 g/mol. The van der Waals surface area contributed by atoms with Crippen molar-refractivity contribution >= 4 is 46.5 Å². The van der Waals surface area contributed by atoms with Crippen molar-refractivity contribution in [3.63, 3.8) is 0 Å². The lowest BCUT2D eigenvalue weighted by Gasteiger charge is -2.26. The molecule has 1 aliphatic heterocycles. The Balaban J connectivity index is 1.89. The summed E-state index contributed by atoms with van der Waals surface area (Å²) in [5, 5.41) is 9.02. The molecule has 8 heteroatoms. The summed E-state index contributed by atoms with van der Waals surface area (Å²) in [4.78, 5) is 13.4. The Morgan fingerprint density at radius 2 is 1.93 bits per heavy atom. The van der Waals surface area contributed by atoms with E-state index in [9.17, 15) is 0 Å². The fourth-order valence-corrected chi connectivity index (χ4v) is 4.03. The summed E-state index contributed by atoms with van der Waals surface area (Å²) < 4.78 is 0. The second kappa shape index (κ2) is 6.48. The van der Waals surface area contributed by atoms with Crippen molar-refractivity contribution in [3.8, 4) is 0 Å². The number of aryl methyl sites for hydroxylation is 1. The van der Waals surface area contributed by atoms with E-state index in [0.29, 0.717) is 15.6 Å². The minimum Gasteiger partial charge on any atom is -0.385 e. The van der Waals surface area contributed by atoms with Crippen LogP contribution >= 0.6 is 23.2 Å². The summed E-state index contributed by atoms with van der Waals surface area (Å²) in [5.74, 6) is -0.0215. The molecule has 27 heavy (non-hydrogen) atoms. The maximum absolute atomic E-state index is 8.24. The molecule has 0 aromatic heterocycles. The molecule has 6 nitrogen and oxygen atoms in total. The largest absolute Gasteiger partial charge is 0.385 e. The highest BCUT2D eigenvalue weighted by Crippen LogP contribution is 2.38. The van der Waals surface area contributed by atoms with Crippen molar-refractivity contribution in [3.05, 3.63) is 69.2 Å². The predicted octanol–water partition coefficient (Wildman–Crippen LogP) is 3.29. The third-order valence-corrected chi connectivity index (χ3v) is 5.29. The first kappa shape index (κ1) is 17.7. The van der Waals surface area contributed by atoms with Crippen LogP contribution in [0.1, 0.15) is 23.1 Å². The number of hydrogen-bond donors (Lipinski definition) is 3. The minimum atomic E-state index is -1.46. The van der Waals surface area contributed by atoms with Crippen LogP contribution in [0.5, 0.6) is 0 Å². The van der Waals surface area contributed by atoms with Crippen LogP contribution in [0.4, 0.5) is 0 Å². The maximum Gasteiger partial charge on any atom is 0.219 e. The average Bonchev–Trinajstić information content (AvgIpc) is 3.17. The van der Waals surface area contributed by atoms with Gasteiger partial charge < -0.3 is 11.5 Å². The van der Waals surface area contributed by atoms with E-state index < -0.39 is 5.54 Å². The van der Waals surface area contributed by atoms with E-state index in [0.717, 1.165) is 24.1 Å². The molecule has 2 aromatic rings. The predicted molar refractivity (Wildman–Crippen MR) is 110 cm³/mol. The van der Waals surface area contributed by atoms with Gasteiger partial charge in [-0.3, -0.25) is 5.41 Å². The maximum atomic E-state index is 8.24. The SMILES string of the molecule is N=C(N)C1(c2ccc(Cl)cc2Cl)N=C(N)N=C1N=C1CCc2ccccc21. The van der Waals surface area contributed by atoms with Gasteiger partial charge in [-0.05, 0) is 36.1 Å². The molecule has 1 atom stereocenters. The summed E-state index contributed by atoms with van der Waals surface area (Å²) in [6, 6.07) is 13.0. The normalized spacial score (nSPS) is 22.5. The number of rotatable bonds is 2. The van der Waals surface area contributed by atoms with Gasteiger partial charge >= 0.3 is 0 Å². The highest BCUT2D eigenvalue weighted by molar-refractivity contribution is 6.36. The third kappa shape index (κ3) is 2.81. The number of nitrogens with two attached hydrogens (primary N) is 2. The van der Waals surface area contributed by atoms with Crippen molar-refractivity contribution in [2.45, 2.75) is 18.4 Å². The smallest absolute Gasteiger partial charge is 0.219 e. The van der Waals surface area contributed by atoms with Gasteiger partial charge in [0, 0.05) is 15.6 Å². The van der Waals surface area contributed by atoms with E-state index in [2.05, 4.69) is 16.1 Å². The van der Waals surface area contributed by atoms with Gasteiger partial charge in [-0.15, -0.1) is 0 Å². The number of guanidine groups is 1. The Morgan fingerprint density at radius 1 is 1.15 bits per heavy atom. The molecule has 0 radical (unpaired) electrons. The molecule has 1 aliphatic carbocycles. The van der Waals surface area contributed by atoms with Crippen LogP contribution in [0, 0.1) is 5.41 Å². The third-order valence-electron chi connectivity index (χ3n) is 4.74. The van der Waals surface area contributed by atoms with E-state index in [1.165, 1.54) is 5.56 Å². The molecule has 5 N–H and O–H groups in total. The lowest BCUT2D eigenvalue weighted by atomic mass is 9.88. The Labute approximate surface area is 166 Å².